The third-order valence-corrected chi connectivity index (χ3v) is 9.29. The first-order valence-electron chi connectivity index (χ1n) is 14.6. The number of thioether (sulfide) groups is 1. The number of imide groups is 1. The van der Waals surface area contributed by atoms with Gasteiger partial charge in [-0.15, -0.1) is 0 Å². The van der Waals surface area contributed by atoms with Crippen LogP contribution < -0.4 is 24.8 Å². The molecule has 2 N–H and O–H groups in total. The molecule has 13 nitrogen and oxygen atoms in total. The monoisotopic (exact) mass is 755 g/mol. The van der Waals surface area contributed by atoms with Crippen LogP contribution in [0.25, 0.3) is 11.1 Å². The van der Waals surface area contributed by atoms with Gasteiger partial charge in [-0.1, -0.05) is 39.8 Å². The van der Waals surface area contributed by atoms with Crippen molar-refractivity contribution in [1.82, 2.24) is 4.98 Å². The molecule has 0 radical (unpaired) electrons. The standard InChI is InChI=1S/C35H26BrN5O8S/c1-46-26-12-20(13-27(47-2)31(26)48-3)30-23(15-37)32(39)40-33(24(30)16-38)50-28-14-29(43)41(34(28)44)22-10-6-19(7-11-22)35(45)49-17-25(42)18-4-8-21(36)9-5-18/h4-13,28H,14,17H2,1-3H3,(H2,39,40). The summed E-state index contributed by atoms with van der Waals surface area (Å²) in [5.74, 6) is -1.61. The van der Waals surface area contributed by atoms with Crippen LogP contribution in [0.4, 0.5) is 11.5 Å². The van der Waals surface area contributed by atoms with Crippen LogP contribution in [0.15, 0.2) is 70.2 Å². The van der Waals surface area contributed by atoms with Gasteiger partial charge in [-0.2, -0.15) is 10.5 Å². The van der Waals surface area contributed by atoms with Crippen molar-refractivity contribution >= 4 is 62.8 Å². The van der Waals surface area contributed by atoms with E-state index in [1.165, 1.54) is 45.6 Å². The Balaban J connectivity index is 1.37. The predicted molar refractivity (Wildman–Crippen MR) is 185 cm³/mol. The molecule has 5 rings (SSSR count). The van der Waals surface area contributed by atoms with Crippen LogP contribution >= 0.6 is 27.7 Å². The van der Waals surface area contributed by atoms with Crippen molar-refractivity contribution in [3.63, 3.8) is 0 Å². The van der Waals surface area contributed by atoms with E-state index in [0.29, 0.717) is 16.9 Å². The van der Waals surface area contributed by atoms with Crippen LogP contribution in [-0.2, 0) is 14.3 Å². The third-order valence-electron chi connectivity index (χ3n) is 7.59. The predicted octanol–water partition coefficient (Wildman–Crippen LogP) is 5.33. The van der Waals surface area contributed by atoms with Gasteiger partial charge < -0.3 is 24.7 Å². The summed E-state index contributed by atoms with van der Waals surface area (Å²) in [4.78, 5) is 56.9. The number of benzene rings is 3. The molecule has 252 valence electrons. The van der Waals surface area contributed by atoms with E-state index >= 15 is 0 Å². The molecular weight excluding hydrogens is 730 g/mol. The van der Waals surface area contributed by atoms with Crippen LogP contribution in [-0.4, -0.2) is 61.7 Å². The van der Waals surface area contributed by atoms with Gasteiger partial charge in [0.1, 0.15) is 28.5 Å². The number of halogens is 1. The van der Waals surface area contributed by atoms with Crippen molar-refractivity contribution in [2.75, 3.05) is 38.6 Å². The van der Waals surface area contributed by atoms with E-state index in [-0.39, 0.29) is 62.5 Å². The number of anilines is 2. The molecule has 1 fully saturated rings. The molecule has 1 aliphatic rings. The molecule has 50 heavy (non-hydrogen) atoms. The molecule has 0 aliphatic carbocycles. The molecule has 3 aromatic carbocycles. The second kappa shape index (κ2) is 15.1. The first-order chi connectivity index (χ1) is 24.0. The Morgan fingerprint density at radius 2 is 1.54 bits per heavy atom. The van der Waals surface area contributed by atoms with E-state index in [4.69, 9.17) is 24.7 Å². The van der Waals surface area contributed by atoms with Crippen LogP contribution in [0, 0.1) is 22.7 Å². The highest BCUT2D eigenvalue weighted by Gasteiger charge is 2.41. The molecule has 4 aromatic rings. The van der Waals surface area contributed by atoms with Gasteiger partial charge in [-0.05, 0) is 54.1 Å². The molecule has 1 saturated heterocycles. The summed E-state index contributed by atoms with van der Waals surface area (Å²) >= 11 is 4.16. The largest absolute Gasteiger partial charge is 0.493 e. The van der Waals surface area contributed by atoms with E-state index < -0.39 is 29.6 Å². The number of nitriles is 2. The fourth-order valence-electron chi connectivity index (χ4n) is 5.18. The zero-order chi connectivity index (χ0) is 36.1. The average Bonchev–Trinajstić information content (AvgIpc) is 3.40. The van der Waals surface area contributed by atoms with E-state index in [2.05, 4.69) is 27.0 Å². The minimum Gasteiger partial charge on any atom is -0.493 e. The topological polar surface area (TPSA) is 195 Å². The van der Waals surface area contributed by atoms with E-state index in [1.54, 1.807) is 36.4 Å². The fourth-order valence-corrected chi connectivity index (χ4v) is 6.56. The van der Waals surface area contributed by atoms with E-state index in [0.717, 1.165) is 21.1 Å². The van der Waals surface area contributed by atoms with Crippen LogP contribution in [0.3, 0.4) is 0 Å². The second-order valence-electron chi connectivity index (χ2n) is 10.5. The van der Waals surface area contributed by atoms with Gasteiger partial charge in [0.05, 0.1) is 43.4 Å². The smallest absolute Gasteiger partial charge is 0.338 e. The lowest BCUT2D eigenvalue weighted by atomic mass is 9.96. The maximum absolute atomic E-state index is 13.6. The number of nitrogens with two attached hydrogens (primary N) is 1. The fraction of sp³-hybridized carbons (Fsp3) is 0.171. The summed E-state index contributed by atoms with van der Waals surface area (Å²) in [7, 11) is 4.27. The number of hydrogen-bond acceptors (Lipinski definition) is 13. The summed E-state index contributed by atoms with van der Waals surface area (Å²) in [5.41, 5.74) is 7.25. The Morgan fingerprint density at radius 1 is 0.940 bits per heavy atom. The van der Waals surface area contributed by atoms with Gasteiger partial charge >= 0.3 is 5.97 Å². The van der Waals surface area contributed by atoms with Gasteiger partial charge in [-0.3, -0.25) is 14.4 Å². The van der Waals surface area contributed by atoms with Crippen molar-refractivity contribution in [1.29, 1.82) is 10.5 Å². The zero-order valence-corrected chi connectivity index (χ0v) is 29.1. The number of rotatable bonds is 11. The first kappa shape index (κ1) is 35.4. The Bertz CT molecular complexity index is 2090. The SMILES string of the molecule is COc1cc(-c2c(C#N)c(N)nc(SC3CC(=O)N(c4ccc(C(=O)OCC(=O)c5ccc(Br)cc5)cc4)C3=O)c2C#N)cc(OC)c1OC. The number of ketones is 1. The Kier molecular flexibility index (Phi) is 10.7. The molecule has 0 bridgehead atoms. The highest BCUT2D eigenvalue weighted by Crippen LogP contribution is 2.45. The number of carbonyl (C=O) groups excluding carboxylic acids is 4. The zero-order valence-electron chi connectivity index (χ0n) is 26.7. The quantitative estimate of drug-likeness (QED) is 0.117. The molecule has 1 aliphatic heterocycles. The summed E-state index contributed by atoms with van der Waals surface area (Å²) in [6, 6.07) is 19.4. The molecule has 2 amide bonds. The maximum Gasteiger partial charge on any atom is 0.338 e. The van der Waals surface area contributed by atoms with E-state index in [1.807, 2.05) is 6.07 Å². The highest BCUT2D eigenvalue weighted by atomic mass is 79.9. The number of pyridine rings is 1. The lowest BCUT2D eigenvalue weighted by Gasteiger charge is -2.18. The average molecular weight is 757 g/mol. The van der Waals surface area contributed by atoms with E-state index in [9.17, 15) is 29.7 Å². The minimum atomic E-state index is -0.989. The molecule has 0 spiro atoms. The van der Waals surface area contributed by atoms with Crippen molar-refractivity contribution in [3.05, 3.63) is 87.4 Å². The molecule has 0 saturated carbocycles. The lowest BCUT2D eigenvalue weighted by Crippen LogP contribution is -2.31. The Morgan fingerprint density at radius 3 is 2.10 bits per heavy atom. The number of ether oxygens (including phenoxy) is 4. The molecular formula is C35H26BrN5O8S. The summed E-state index contributed by atoms with van der Waals surface area (Å²) < 4.78 is 22.2. The van der Waals surface area contributed by atoms with Crippen LogP contribution in [0.5, 0.6) is 17.2 Å². The van der Waals surface area contributed by atoms with Crippen molar-refractivity contribution in [3.8, 4) is 40.5 Å². The number of amides is 2. The normalized spacial score (nSPS) is 13.7. The number of aromatic nitrogens is 1. The number of carbonyl (C=O) groups is 4. The van der Waals surface area contributed by atoms with Crippen molar-refractivity contribution in [2.45, 2.75) is 16.7 Å². The molecule has 2 heterocycles. The van der Waals surface area contributed by atoms with Crippen molar-refractivity contribution in [2.24, 2.45) is 0 Å². The lowest BCUT2D eigenvalue weighted by molar-refractivity contribution is -0.121. The molecule has 1 aromatic heterocycles. The Labute approximate surface area is 298 Å². The van der Waals surface area contributed by atoms with Crippen LogP contribution in [0.1, 0.15) is 38.3 Å². The number of methoxy groups -OCH3 is 3. The van der Waals surface area contributed by atoms with Gasteiger partial charge in [0, 0.05) is 22.0 Å². The number of nitrogens with zero attached hydrogens (tertiary/aromatic N) is 4. The first-order valence-corrected chi connectivity index (χ1v) is 16.3. The third kappa shape index (κ3) is 6.96. The van der Waals surface area contributed by atoms with Crippen LogP contribution in [0.2, 0.25) is 0 Å². The van der Waals surface area contributed by atoms with Crippen molar-refractivity contribution < 1.29 is 38.1 Å². The van der Waals surface area contributed by atoms with Gasteiger partial charge in [0.2, 0.25) is 17.6 Å². The van der Waals surface area contributed by atoms with Gasteiger partial charge in [0.25, 0.3) is 0 Å². The summed E-state index contributed by atoms with van der Waals surface area (Å²) in [6.45, 7) is -0.468. The minimum absolute atomic E-state index is 0.0385. The number of hydrogen-bond donors (Lipinski definition) is 1. The summed E-state index contributed by atoms with van der Waals surface area (Å²) in [5, 5.41) is 19.3. The number of Topliss-reactive ketones (excluding diaryl/α,β-unsaturated/α-hetero) is 1. The number of esters is 1. The highest BCUT2D eigenvalue weighted by molar-refractivity contribution is 9.10. The Hall–Kier alpha value is -5.90. The molecule has 15 heteroatoms. The maximum atomic E-state index is 13.6. The molecule has 1 unspecified atom stereocenters. The van der Waals surface area contributed by atoms with Gasteiger partial charge in [-0.25, -0.2) is 14.7 Å². The second-order valence-corrected chi connectivity index (χ2v) is 12.6. The van der Waals surface area contributed by atoms with Gasteiger partial charge in [0.15, 0.2) is 23.9 Å². The molecule has 1 atom stereocenters. The number of nitrogen functional groups attached to an aromatic ring is 1. The summed E-state index contributed by atoms with van der Waals surface area (Å²) in [6.07, 6.45) is -0.225.